The van der Waals surface area contributed by atoms with Crippen LogP contribution in [0.15, 0.2) is 42.1 Å². The minimum Gasteiger partial charge on any atom is -0.458 e. The molecule has 0 saturated heterocycles. The zero-order valence-corrected chi connectivity index (χ0v) is 9.99. The summed E-state index contributed by atoms with van der Waals surface area (Å²) < 4.78 is 5.14. The summed E-state index contributed by atoms with van der Waals surface area (Å²) >= 11 is 0. The first-order valence-corrected chi connectivity index (χ1v) is 5.54. The molecule has 0 atom stereocenters. The minimum atomic E-state index is -0.293. The second-order valence-corrected chi connectivity index (χ2v) is 4.16. The van der Waals surface area contributed by atoms with Gasteiger partial charge in [0.25, 0.3) is 0 Å². The summed E-state index contributed by atoms with van der Waals surface area (Å²) in [6.07, 6.45) is 3.73. The third-order valence-electron chi connectivity index (χ3n) is 2.50. The molecular formula is C14H15NO2. The number of aromatic amines is 1. The fraction of sp³-hybridized carbons (Fsp3) is 0.214. The van der Waals surface area contributed by atoms with Crippen LogP contribution in [0.4, 0.5) is 0 Å². The smallest absolute Gasteiger partial charge is 0.338 e. The summed E-state index contributed by atoms with van der Waals surface area (Å²) in [6.45, 7) is 4.27. The van der Waals surface area contributed by atoms with Gasteiger partial charge >= 0.3 is 5.97 Å². The molecule has 0 aliphatic heterocycles. The van der Waals surface area contributed by atoms with Gasteiger partial charge in [0.05, 0.1) is 5.56 Å². The first kappa shape index (κ1) is 11.5. The van der Waals surface area contributed by atoms with Crippen LogP contribution in [-0.2, 0) is 4.74 Å². The molecule has 1 N–H and O–H groups in total. The monoisotopic (exact) mass is 229 g/mol. The summed E-state index contributed by atoms with van der Waals surface area (Å²) in [4.78, 5) is 14.8. The Balaban J connectivity index is 2.10. The van der Waals surface area contributed by atoms with Crippen LogP contribution in [0, 0.1) is 0 Å². The van der Waals surface area contributed by atoms with E-state index >= 15 is 0 Å². The van der Waals surface area contributed by atoms with Gasteiger partial charge in [-0.1, -0.05) is 11.6 Å². The van der Waals surface area contributed by atoms with Gasteiger partial charge in [-0.2, -0.15) is 0 Å². The lowest BCUT2D eigenvalue weighted by Crippen LogP contribution is -2.05. The predicted molar refractivity (Wildman–Crippen MR) is 68.0 cm³/mol. The largest absolute Gasteiger partial charge is 0.458 e. The van der Waals surface area contributed by atoms with Crippen LogP contribution in [0.3, 0.4) is 0 Å². The Morgan fingerprint density at radius 3 is 2.94 bits per heavy atom. The highest BCUT2D eigenvalue weighted by Gasteiger charge is 2.07. The number of carbonyl (C=O) groups is 1. The molecule has 88 valence electrons. The summed E-state index contributed by atoms with van der Waals surface area (Å²) in [5, 5.41) is 1.09. The van der Waals surface area contributed by atoms with Crippen molar-refractivity contribution >= 4 is 16.9 Å². The third-order valence-corrected chi connectivity index (χ3v) is 2.50. The van der Waals surface area contributed by atoms with Crippen molar-refractivity contribution in [1.29, 1.82) is 0 Å². The molecule has 1 aromatic heterocycles. The van der Waals surface area contributed by atoms with E-state index in [2.05, 4.69) is 4.98 Å². The summed E-state index contributed by atoms with van der Waals surface area (Å²) in [6, 6.07) is 7.46. The van der Waals surface area contributed by atoms with E-state index in [1.54, 1.807) is 12.1 Å². The first-order valence-electron chi connectivity index (χ1n) is 5.54. The molecule has 0 aliphatic rings. The Labute approximate surface area is 100 Å². The van der Waals surface area contributed by atoms with E-state index in [1.165, 1.54) is 0 Å². The van der Waals surface area contributed by atoms with Crippen LogP contribution in [-0.4, -0.2) is 17.6 Å². The van der Waals surface area contributed by atoms with Crippen molar-refractivity contribution in [2.75, 3.05) is 6.61 Å². The number of aromatic nitrogens is 1. The SMILES string of the molecule is CC(C)=CCOC(=O)c1ccc2cc[nH]c2c1. The van der Waals surface area contributed by atoms with Crippen LogP contribution in [0.5, 0.6) is 0 Å². The number of ether oxygens (including phenoxy) is 1. The van der Waals surface area contributed by atoms with E-state index in [1.807, 2.05) is 38.3 Å². The van der Waals surface area contributed by atoms with Gasteiger partial charge in [0.15, 0.2) is 0 Å². The van der Waals surface area contributed by atoms with Gasteiger partial charge < -0.3 is 9.72 Å². The van der Waals surface area contributed by atoms with Crippen molar-refractivity contribution in [1.82, 2.24) is 4.98 Å². The van der Waals surface area contributed by atoms with E-state index < -0.39 is 0 Å². The van der Waals surface area contributed by atoms with E-state index in [0.717, 1.165) is 16.5 Å². The molecule has 17 heavy (non-hydrogen) atoms. The quantitative estimate of drug-likeness (QED) is 0.648. The molecule has 0 spiro atoms. The molecule has 3 heteroatoms. The summed E-state index contributed by atoms with van der Waals surface area (Å²) in [7, 11) is 0. The second kappa shape index (κ2) is 4.87. The van der Waals surface area contributed by atoms with Gasteiger partial charge in [0, 0.05) is 11.7 Å². The van der Waals surface area contributed by atoms with E-state index in [4.69, 9.17) is 4.74 Å². The van der Waals surface area contributed by atoms with E-state index in [-0.39, 0.29) is 5.97 Å². The number of benzene rings is 1. The van der Waals surface area contributed by atoms with Crippen LogP contribution < -0.4 is 0 Å². The molecule has 0 bridgehead atoms. The van der Waals surface area contributed by atoms with Gasteiger partial charge in [-0.3, -0.25) is 0 Å². The van der Waals surface area contributed by atoms with Gasteiger partial charge in [0.1, 0.15) is 6.61 Å². The van der Waals surface area contributed by atoms with Crippen LogP contribution in [0.2, 0.25) is 0 Å². The van der Waals surface area contributed by atoms with Crippen LogP contribution in [0.1, 0.15) is 24.2 Å². The lowest BCUT2D eigenvalue weighted by Gasteiger charge is -2.02. The Kier molecular flexibility index (Phi) is 3.28. The maximum atomic E-state index is 11.7. The van der Waals surface area contributed by atoms with E-state index in [9.17, 15) is 4.79 Å². The fourth-order valence-electron chi connectivity index (χ4n) is 1.54. The molecule has 2 aromatic rings. The Morgan fingerprint density at radius 2 is 2.18 bits per heavy atom. The number of H-pyrrole nitrogens is 1. The lowest BCUT2D eigenvalue weighted by atomic mass is 10.2. The highest BCUT2D eigenvalue weighted by molar-refractivity contribution is 5.94. The number of hydrogen-bond acceptors (Lipinski definition) is 2. The zero-order chi connectivity index (χ0) is 12.3. The average molecular weight is 229 g/mol. The van der Waals surface area contributed by atoms with Crippen molar-refractivity contribution in [3.05, 3.63) is 47.7 Å². The molecular weight excluding hydrogens is 214 g/mol. The number of esters is 1. The van der Waals surface area contributed by atoms with Gasteiger partial charge in [0.2, 0.25) is 0 Å². The zero-order valence-electron chi connectivity index (χ0n) is 9.99. The van der Waals surface area contributed by atoms with Crippen molar-refractivity contribution in [2.24, 2.45) is 0 Å². The lowest BCUT2D eigenvalue weighted by molar-refractivity contribution is 0.0549. The van der Waals surface area contributed by atoms with Crippen molar-refractivity contribution in [3.63, 3.8) is 0 Å². The molecule has 1 heterocycles. The molecule has 1 aromatic carbocycles. The Morgan fingerprint density at radius 1 is 1.35 bits per heavy atom. The third kappa shape index (κ3) is 2.75. The molecule has 3 nitrogen and oxygen atoms in total. The topological polar surface area (TPSA) is 42.1 Å². The van der Waals surface area contributed by atoms with E-state index in [0.29, 0.717) is 12.2 Å². The number of carbonyl (C=O) groups excluding carboxylic acids is 1. The number of nitrogens with one attached hydrogen (secondary N) is 1. The highest BCUT2D eigenvalue weighted by Crippen LogP contribution is 2.14. The first-order chi connectivity index (χ1) is 8.16. The molecule has 0 amide bonds. The minimum absolute atomic E-state index is 0.293. The summed E-state index contributed by atoms with van der Waals surface area (Å²) in [5.74, 6) is -0.293. The molecule has 0 fully saturated rings. The summed E-state index contributed by atoms with van der Waals surface area (Å²) in [5.41, 5.74) is 2.65. The highest BCUT2D eigenvalue weighted by atomic mass is 16.5. The van der Waals surface area contributed by atoms with Crippen molar-refractivity contribution in [2.45, 2.75) is 13.8 Å². The predicted octanol–water partition coefficient (Wildman–Crippen LogP) is 3.29. The molecule has 0 unspecified atom stereocenters. The Bertz CT molecular complexity index is 562. The molecule has 0 saturated carbocycles. The number of fused-ring (bicyclic) bond motifs is 1. The molecule has 0 aliphatic carbocycles. The maximum Gasteiger partial charge on any atom is 0.338 e. The number of allylic oxidation sites excluding steroid dienone is 1. The number of rotatable bonds is 3. The van der Waals surface area contributed by atoms with Crippen molar-refractivity contribution in [3.8, 4) is 0 Å². The molecule has 0 radical (unpaired) electrons. The molecule has 2 rings (SSSR count). The standard InChI is InChI=1S/C14H15NO2/c1-10(2)6-8-17-14(16)12-4-3-11-5-7-15-13(11)9-12/h3-7,9,15H,8H2,1-2H3. The van der Waals surface area contributed by atoms with Gasteiger partial charge in [-0.25, -0.2) is 4.79 Å². The van der Waals surface area contributed by atoms with Gasteiger partial charge in [-0.05, 0) is 43.5 Å². The van der Waals surface area contributed by atoms with Gasteiger partial charge in [-0.15, -0.1) is 0 Å². The fourth-order valence-corrected chi connectivity index (χ4v) is 1.54. The van der Waals surface area contributed by atoms with Crippen molar-refractivity contribution < 1.29 is 9.53 Å². The van der Waals surface area contributed by atoms with Crippen LogP contribution >= 0.6 is 0 Å². The normalized spacial score (nSPS) is 10.2. The second-order valence-electron chi connectivity index (χ2n) is 4.16. The van der Waals surface area contributed by atoms with Crippen LogP contribution in [0.25, 0.3) is 10.9 Å². The average Bonchev–Trinajstić information content (AvgIpc) is 2.75. The Hall–Kier alpha value is -2.03. The maximum absolute atomic E-state index is 11.7. The number of hydrogen-bond donors (Lipinski definition) is 1.